The maximum Gasteiger partial charge on any atom is 0.224 e. The standard InChI is InChI=1S/C24H28N8/c1-6-9-15(4)32-16(5)19-14(3)11-8-12-17(19)29-23(32)18(10-7-2)28-22-20-21(27-13-26-20)30-24(25)31-22/h6,8-9,11-13,18H,1,5,7,10H2,2-4H3,(H4,25,26,27,28,30,31)/b15-9+. The topological polar surface area (TPSA) is 108 Å². The molecule has 0 aliphatic carbocycles. The molecule has 3 heterocycles. The van der Waals surface area contributed by atoms with E-state index < -0.39 is 0 Å². The molecule has 0 radical (unpaired) electrons. The fourth-order valence-corrected chi connectivity index (χ4v) is 4.09. The Hall–Kier alpha value is -3.94. The number of nitrogen functional groups attached to an aromatic ring is 1. The number of anilines is 2. The third-order valence-electron chi connectivity index (χ3n) is 5.49. The highest BCUT2D eigenvalue weighted by Crippen LogP contribution is 2.38. The molecule has 8 heteroatoms. The summed E-state index contributed by atoms with van der Waals surface area (Å²) in [6.07, 6.45) is 7.08. The van der Waals surface area contributed by atoms with Crippen LogP contribution in [0.3, 0.4) is 0 Å². The largest absolute Gasteiger partial charge is 0.368 e. The number of imidazole rings is 1. The second-order valence-corrected chi connectivity index (χ2v) is 7.78. The molecule has 0 bridgehead atoms. The van der Waals surface area contributed by atoms with Gasteiger partial charge in [-0.2, -0.15) is 9.97 Å². The number of H-pyrrole nitrogens is 1. The third-order valence-corrected chi connectivity index (χ3v) is 5.49. The SMILES string of the molecule is C=C/C=C(\C)N1C(=C)c2c(C)cccc2N=C1C(CCC)Nc1nc(N)nc2nc[nH]c12. The van der Waals surface area contributed by atoms with E-state index in [2.05, 4.69) is 63.2 Å². The van der Waals surface area contributed by atoms with Crippen molar-refractivity contribution in [1.29, 1.82) is 0 Å². The van der Waals surface area contributed by atoms with Crippen LogP contribution in [0.2, 0.25) is 0 Å². The lowest BCUT2D eigenvalue weighted by Crippen LogP contribution is -2.42. The van der Waals surface area contributed by atoms with Crippen LogP contribution in [0.5, 0.6) is 0 Å². The monoisotopic (exact) mass is 428 g/mol. The number of benzene rings is 1. The molecule has 0 amide bonds. The lowest BCUT2D eigenvalue weighted by Gasteiger charge is -2.37. The minimum Gasteiger partial charge on any atom is -0.368 e. The summed E-state index contributed by atoms with van der Waals surface area (Å²) in [5.41, 5.74) is 12.1. The summed E-state index contributed by atoms with van der Waals surface area (Å²) in [4.78, 5) is 23.1. The molecule has 3 aromatic rings. The van der Waals surface area contributed by atoms with Gasteiger partial charge in [0.05, 0.1) is 18.1 Å². The molecule has 1 aromatic carbocycles. The van der Waals surface area contributed by atoms with Crippen LogP contribution in [-0.4, -0.2) is 36.7 Å². The van der Waals surface area contributed by atoms with Gasteiger partial charge in [-0.15, -0.1) is 0 Å². The first-order valence-electron chi connectivity index (χ1n) is 10.6. The number of nitrogens with zero attached hydrogens (tertiary/aromatic N) is 5. The number of amidine groups is 1. The number of hydrogen-bond acceptors (Lipinski definition) is 7. The van der Waals surface area contributed by atoms with Gasteiger partial charge in [-0.05, 0) is 38.0 Å². The number of hydrogen-bond donors (Lipinski definition) is 3. The fraction of sp³-hybridized carbons (Fsp3) is 0.250. The van der Waals surface area contributed by atoms with E-state index in [9.17, 15) is 0 Å². The second-order valence-electron chi connectivity index (χ2n) is 7.78. The average Bonchev–Trinajstić information content (AvgIpc) is 3.22. The van der Waals surface area contributed by atoms with Crippen molar-refractivity contribution >= 4 is 40.2 Å². The number of aliphatic imine (C=N–C) groups is 1. The average molecular weight is 429 g/mol. The van der Waals surface area contributed by atoms with Crippen molar-refractivity contribution in [2.45, 2.75) is 39.7 Å². The molecule has 32 heavy (non-hydrogen) atoms. The molecule has 1 aliphatic heterocycles. The van der Waals surface area contributed by atoms with Crippen LogP contribution >= 0.6 is 0 Å². The van der Waals surface area contributed by atoms with E-state index in [0.29, 0.717) is 17.0 Å². The van der Waals surface area contributed by atoms with Gasteiger partial charge >= 0.3 is 0 Å². The van der Waals surface area contributed by atoms with Gasteiger partial charge in [0.15, 0.2) is 11.5 Å². The third kappa shape index (κ3) is 3.75. The number of nitrogens with two attached hydrogens (primary N) is 1. The molecule has 4 rings (SSSR count). The van der Waals surface area contributed by atoms with Crippen molar-refractivity contribution in [2.24, 2.45) is 4.99 Å². The maximum absolute atomic E-state index is 5.94. The highest BCUT2D eigenvalue weighted by atomic mass is 15.3. The van der Waals surface area contributed by atoms with E-state index in [-0.39, 0.29) is 12.0 Å². The molecule has 4 N–H and O–H groups in total. The first-order valence-corrected chi connectivity index (χ1v) is 10.6. The van der Waals surface area contributed by atoms with Gasteiger partial charge in [0.2, 0.25) is 5.95 Å². The molecule has 0 saturated carbocycles. The fourth-order valence-electron chi connectivity index (χ4n) is 4.09. The van der Waals surface area contributed by atoms with Crippen LogP contribution in [0.25, 0.3) is 16.9 Å². The summed E-state index contributed by atoms with van der Waals surface area (Å²) in [5.74, 6) is 1.60. The molecular formula is C24H28N8. The lowest BCUT2D eigenvalue weighted by atomic mass is 9.98. The predicted molar refractivity (Wildman–Crippen MR) is 132 cm³/mol. The zero-order chi connectivity index (χ0) is 22.8. The molecule has 1 atom stereocenters. The first-order chi connectivity index (χ1) is 15.4. The maximum atomic E-state index is 5.94. The Morgan fingerprint density at radius 3 is 2.91 bits per heavy atom. The molecule has 0 saturated heterocycles. The van der Waals surface area contributed by atoms with Crippen molar-refractivity contribution in [1.82, 2.24) is 24.8 Å². The van der Waals surface area contributed by atoms with Gasteiger partial charge in [0, 0.05) is 17.0 Å². The van der Waals surface area contributed by atoms with Gasteiger partial charge in [-0.25, -0.2) is 9.98 Å². The minimum atomic E-state index is -0.153. The summed E-state index contributed by atoms with van der Waals surface area (Å²) in [7, 11) is 0. The number of aryl methyl sites for hydroxylation is 1. The quantitative estimate of drug-likeness (QED) is 0.461. The highest BCUT2D eigenvalue weighted by Gasteiger charge is 2.31. The van der Waals surface area contributed by atoms with Crippen LogP contribution in [0, 0.1) is 6.92 Å². The molecule has 1 unspecified atom stereocenters. The molecule has 0 spiro atoms. The van der Waals surface area contributed by atoms with Gasteiger partial charge in [0.1, 0.15) is 11.4 Å². The number of allylic oxidation sites excluding steroid dienone is 3. The normalized spacial score (nSPS) is 14.8. The summed E-state index contributed by atoms with van der Waals surface area (Å²) in [6, 6.07) is 5.97. The van der Waals surface area contributed by atoms with E-state index in [1.165, 1.54) is 0 Å². The van der Waals surface area contributed by atoms with E-state index in [1.807, 2.05) is 25.1 Å². The van der Waals surface area contributed by atoms with Crippen LogP contribution in [0.4, 0.5) is 17.5 Å². The summed E-state index contributed by atoms with van der Waals surface area (Å²) < 4.78 is 0. The molecular weight excluding hydrogens is 400 g/mol. The Kier molecular flexibility index (Phi) is 5.77. The Morgan fingerprint density at radius 2 is 2.16 bits per heavy atom. The van der Waals surface area contributed by atoms with Crippen LogP contribution < -0.4 is 11.1 Å². The van der Waals surface area contributed by atoms with E-state index in [0.717, 1.165) is 46.9 Å². The number of rotatable bonds is 7. The zero-order valence-corrected chi connectivity index (χ0v) is 18.7. The zero-order valence-electron chi connectivity index (χ0n) is 18.7. The number of aromatic amines is 1. The van der Waals surface area contributed by atoms with Crippen molar-refractivity contribution < 1.29 is 0 Å². The van der Waals surface area contributed by atoms with Crippen molar-refractivity contribution in [3.05, 3.63) is 66.7 Å². The van der Waals surface area contributed by atoms with Gasteiger partial charge in [-0.1, -0.05) is 44.7 Å². The Balaban J connectivity index is 1.86. The number of fused-ring (bicyclic) bond motifs is 2. The molecule has 8 nitrogen and oxygen atoms in total. The Bertz CT molecular complexity index is 1250. The lowest BCUT2D eigenvalue weighted by molar-refractivity contribution is 0.641. The van der Waals surface area contributed by atoms with Gasteiger partial charge in [0.25, 0.3) is 0 Å². The second kappa shape index (κ2) is 8.66. The van der Waals surface area contributed by atoms with Gasteiger partial charge < -0.3 is 20.9 Å². The summed E-state index contributed by atoms with van der Waals surface area (Å²) >= 11 is 0. The molecule has 2 aromatic heterocycles. The van der Waals surface area contributed by atoms with Crippen LogP contribution in [-0.2, 0) is 0 Å². The van der Waals surface area contributed by atoms with Crippen molar-refractivity contribution in [2.75, 3.05) is 11.1 Å². The first kappa shape index (κ1) is 21.3. The minimum absolute atomic E-state index is 0.153. The smallest absolute Gasteiger partial charge is 0.224 e. The number of nitrogens with one attached hydrogen (secondary N) is 2. The summed E-state index contributed by atoms with van der Waals surface area (Å²) in [6.45, 7) is 14.6. The molecule has 164 valence electrons. The Labute approximate surface area is 187 Å². The van der Waals surface area contributed by atoms with Crippen LogP contribution in [0.1, 0.15) is 37.8 Å². The summed E-state index contributed by atoms with van der Waals surface area (Å²) in [5, 5.41) is 3.54. The van der Waals surface area contributed by atoms with E-state index in [4.69, 9.17) is 10.7 Å². The van der Waals surface area contributed by atoms with E-state index in [1.54, 1.807) is 12.4 Å². The van der Waals surface area contributed by atoms with E-state index >= 15 is 0 Å². The van der Waals surface area contributed by atoms with Gasteiger partial charge in [-0.3, -0.25) is 0 Å². The molecule has 0 fully saturated rings. The Morgan fingerprint density at radius 1 is 1.34 bits per heavy atom. The number of aromatic nitrogens is 4. The molecule has 1 aliphatic rings. The predicted octanol–water partition coefficient (Wildman–Crippen LogP) is 4.93. The van der Waals surface area contributed by atoms with Crippen LogP contribution in [0.15, 0.2) is 60.5 Å². The highest BCUT2D eigenvalue weighted by molar-refractivity contribution is 6.04. The van der Waals surface area contributed by atoms with Crippen molar-refractivity contribution in [3.63, 3.8) is 0 Å². The van der Waals surface area contributed by atoms with Crippen molar-refractivity contribution in [3.8, 4) is 0 Å².